The summed E-state index contributed by atoms with van der Waals surface area (Å²) >= 11 is 0. The molecule has 0 saturated heterocycles. The van der Waals surface area contributed by atoms with Crippen molar-refractivity contribution in [3.8, 4) is 0 Å². The van der Waals surface area contributed by atoms with Crippen LogP contribution < -0.4 is 5.32 Å². The maximum Gasteiger partial charge on any atom is 0.223 e. The summed E-state index contributed by atoms with van der Waals surface area (Å²) < 4.78 is 4.82. The van der Waals surface area contributed by atoms with Gasteiger partial charge in [-0.2, -0.15) is 4.98 Å². The molecule has 1 aromatic heterocycles. The lowest BCUT2D eigenvalue weighted by Gasteiger charge is -2.01. The van der Waals surface area contributed by atoms with Crippen molar-refractivity contribution in [1.82, 2.24) is 15.5 Å². The van der Waals surface area contributed by atoms with Gasteiger partial charge in [0.1, 0.15) is 0 Å². The van der Waals surface area contributed by atoms with Crippen LogP contribution in [0.5, 0.6) is 0 Å². The van der Waals surface area contributed by atoms with Gasteiger partial charge in [0.05, 0.1) is 6.54 Å². The Morgan fingerprint density at radius 2 is 2.38 bits per heavy atom. The molecule has 1 heterocycles. The summed E-state index contributed by atoms with van der Waals surface area (Å²) in [6, 6.07) is 0. The van der Waals surface area contributed by atoms with E-state index >= 15 is 0 Å². The number of nitrogens with zero attached hydrogens (tertiary/aromatic N) is 2. The maximum atomic E-state index is 4.82. The van der Waals surface area contributed by atoms with Crippen LogP contribution in [-0.2, 0) is 6.54 Å². The number of aromatic nitrogens is 2. The van der Waals surface area contributed by atoms with Crippen molar-refractivity contribution >= 4 is 0 Å². The van der Waals surface area contributed by atoms with Gasteiger partial charge in [0.15, 0.2) is 5.82 Å². The Hall–Kier alpha value is -1.16. The Kier molecular flexibility index (Phi) is 3.64. The van der Waals surface area contributed by atoms with E-state index in [0.29, 0.717) is 18.3 Å². The fourth-order valence-corrected chi connectivity index (χ4v) is 0.889. The Labute approximate surface area is 78.0 Å². The topological polar surface area (TPSA) is 51.0 Å². The van der Waals surface area contributed by atoms with E-state index in [-0.39, 0.29) is 0 Å². The lowest BCUT2D eigenvalue weighted by atomic mass is 10.2. The largest absolute Gasteiger partial charge is 0.340 e. The van der Waals surface area contributed by atoms with Crippen LogP contribution in [0.2, 0.25) is 0 Å². The molecule has 0 unspecified atom stereocenters. The van der Waals surface area contributed by atoms with Crippen LogP contribution in [0, 0.1) is 6.92 Å². The Bertz CT molecular complexity index is 280. The highest BCUT2D eigenvalue weighted by Crippen LogP contribution is 1.96. The summed E-state index contributed by atoms with van der Waals surface area (Å²) in [7, 11) is 0. The van der Waals surface area contributed by atoms with Gasteiger partial charge in [-0.1, -0.05) is 24.2 Å². The van der Waals surface area contributed by atoms with Gasteiger partial charge in [0, 0.05) is 13.5 Å². The van der Waals surface area contributed by atoms with Crippen molar-refractivity contribution in [3.63, 3.8) is 0 Å². The lowest BCUT2D eigenvalue weighted by molar-refractivity contribution is 0.386. The van der Waals surface area contributed by atoms with Crippen molar-refractivity contribution < 1.29 is 4.52 Å². The second-order valence-electron chi connectivity index (χ2n) is 2.94. The highest BCUT2D eigenvalue weighted by Gasteiger charge is 2.00. The molecule has 0 radical (unpaired) electrons. The molecular formula is C9H15N3O. The predicted octanol–water partition coefficient (Wildman–Crippen LogP) is 1.43. The summed E-state index contributed by atoms with van der Waals surface area (Å²) in [5.41, 5.74) is 1.18. The van der Waals surface area contributed by atoms with Crippen LogP contribution in [0.4, 0.5) is 0 Å². The fourth-order valence-electron chi connectivity index (χ4n) is 0.889. The molecular weight excluding hydrogens is 166 g/mol. The number of aryl methyl sites for hydroxylation is 1. The summed E-state index contributed by atoms with van der Waals surface area (Å²) in [4.78, 5) is 4.06. The molecule has 0 amide bonds. The Morgan fingerprint density at radius 1 is 1.62 bits per heavy atom. The van der Waals surface area contributed by atoms with Gasteiger partial charge in [0.25, 0.3) is 0 Å². The van der Waals surface area contributed by atoms with E-state index in [0.717, 1.165) is 13.0 Å². The number of hydrogen-bond acceptors (Lipinski definition) is 4. The number of nitrogens with one attached hydrogen (secondary N) is 1. The van der Waals surface area contributed by atoms with E-state index in [1.54, 1.807) is 6.92 Å². The standard InChI is InChI=1S/C9H15N3O/c1-4-7(2)5-10-6-9-11-8(3)13-12-9/h10H,2,4-6H2,1,3H3. The smallest absolute Gasteiger partial charge is 0.223 e. The maximum absolute atomic E-state index is 4.82. The third-order valence-corrected chi connectivity index (χ3v) is 1.73. The number of rotatable bonds is 5. The van der Waals surface area contributed by atoms with Crippen molar-refractivity contribution in [2.45, 2.75) is 26.8 Å². The van der Waals surface area contributed by atoms with Gasteiger partial charge in [-0.15, -0.1) is 0 Å². The molecule has 4 nitrogen and oxygen atoms in total. The van der Waals surface area contributed by atoms with Gasteiger partial charge >= 0.3 is 0 Å². The molecule has 0 aromatic carbocycles. The van der Waals surface area contributed by atoms with E-state index in [2.05, 4.69) is 29.0 Å². The SMILES string of the molecule is C=C(CC)CNCc1noc(C)n1. The van der Waals surface area contributed by atoms with Crippen LogP contribution in [0.1, 0.15) is 25.1 Å². The van der Waals surface area contributed by atoms with Gasteiger partial charge < -0.3 is 9.84 Å². The first kappa shape index (κ1) is 9.92. The Morgan fingerprint density at radius 3 is 2.92 bits per heavy atom. The molecule has 0 aliphatic rings. The zero-order chi connectivity index (χ0) is 9.68. The molecule has 0 aliphatic heterocycles. The Balaban J connectivity index is 2.24. The highest BCUT2D eigenvalue weighted by atomic mass is 16.5. The first-order valence-corrected chi connectivity index (χ1v) is 4.39. The minimum atomic E-state index is 0.603. The summed E-state index contributed by atoms with van der Waals surface area (Å²) in [6.07, 6.45) is 0.998. The van der Waals surface area contributed by atoms with Gasteiger partial charge in [-0.25, -0.2) is 0 Å². The van der Waals surface area contributed by atoms with Crippen LogP contribution in [0.3, 0.4) is 0 Å². The average Bonchev–Trinajstić information content (AvgIpc) is 2.51. The lowest BCUT2D eigenvalue weighted by Crippen LogP contribution is -2.16. The van der Waals surface area contributed by atoms with E-state index in [4.69, 9.17) is 4.52 Å². The quantitative estimate of drug-likeness (QED) is 0.698. The fraction of sp³-hybridized carbons (Fsp3) is 0.556. The van der Waals surface area contributed by atoms with E-state index in [1.165, 1.54) is 5.57 Å². The number of hydrogen-bond donors (Lipinski definition) is 1. The average molecular weight is 181 g/mol. The zero-order valence-electron chi connectivity index (χ0n) is 8.13. The van der Waals surface area contributed by atoms with E-state index in [9.17, 15) is 0 Å². The van der Waals surface area contributed by atoms with Crippen LogP contribution in [0.25, 0.3) is 0 Å². The van der Waals surface area contributed by atoms with Crippen LogP contribution in [-0.4, -0.2) is 16.7 Å². The molecule has 0 bridgehead atoms. The normalized spacial score (nSPS) is 10.3. The van der Waals surface area contributed by atoms with Crippen molar-refractivity contribution in [2.24, 2.45) is 0 Å². The molecule has 4 heteroatoms. The third kappa shape index (κ3) is 3.38. The summed E-state index contributed by atoms with van der Waals surface area (Å²) in [6.45, 7) is 9.19. The second-order valence-corrected chi connectivity index (χ2v) is 2.94. The molecule has 0 atom stereocenters. The first-order chi connectivity index (χ1) is 6.22. The van der Waals surface area contributed by atoms with E-state index < -0.39 is 0 Å². The first-order valence-electron chi connectivity index (χ1n) is 4.39. The second kappa shape index (κ2) is 4.77. The molecule has 1 rings (SSSR count). The van der Waals surface area contributed by atoms with Gasteiger partial charge in [-0.05, 0) is 6.42 Å². The summed E-state index contributed by atoms with van der Waals surface area (Å²) in [5.74, 6) is 1.30. The minimum absolute atomic E-state index is 0.603. The molecule has 72 valence electrons. The molecule has 0 aliphatic carbocycles. The van der Waals surface area contributed by atoms with Crippen LogP contribution >= 0.6 is 0 Å². The zero-order valence-corrected chi connectivity index (χ0v) is 8.13. The molecule has 1 N–H and O–H groups in total. The third-order valence-electron chi connectivity index (χ3n) is 1.73. The minimum Gasteiger partial charge on any atom is -0.340 e. The predicted molar refractivity (Wildman–Crippen MR) is 50.2 cm³/mol. The van der Waals surface area contributed by atoms with E-state index in [1.807, 2.05) is 0 Å². The van der Waals surface area contributed by atoms with Crippen LogP contribution in [0.15, 0.2) is 16.7 Å². The monoisotopic (exact) mass is 181 g/mol. The molecule has 0 fully saturated rings. The molecule has 1 aromatic rings. The van der Waals surface area contributed by atoms with Crippen molar-refractivity contribution in [2.75, 3.05) is 6.54 Å². The summed E-state index contributed by atoms with van der Waals surface area (Å²) in [5, 5.41) is 6.94. The highest BCUT2D eigenvalue weighted by molar-refractivity contribution is 4.95. The van der Waals surface area contributed by atoms with Gasteiger partial charge in [-0.3, -0.25) is 0 Å². The van der Waals surface area contributed by atoms with Gasteiger partial charge in [0.2, 0.25) is 5.89 Å². The van der Waals surface area contributed by atoms with Crippen molar-refractivity contribution in [1.29, 1.82) is 0 Å². The molecule has 0 spiro atoms. The molecule has 13 heavy (non-hydrogen) atoms. The molecule has 0 saturated carbocycles. The van der Waals surface area contributed by atoms with Crippen molar-refractivity contribution in [3.05, 3.63) is 23.9 Å².